The maximum atomic E-state index is 12.7. The minimum atomic E-state index is -4.67. The highest BCUT2D eigenvalue weighted by molar-refractivity contribution is 6.49. The molecule has 0 aliphatic rings. The molecule has 0 aliphatic heterocycles. The monoisotopic (exact) mass is 341 g/mol. The summed E-state index contributed by atoms with van der Waals surface area (Å²) in [6, 6.07) is 4.22. The Kier molecular flexibility index (Phi) is 4.04. The average Bonchev–Trinajstić information content (AvgIpc) is 2.34. The molecule has 0 saturated heterocycles. The second-order valence-electron chi connectivity index (χ2n) is 3.86. The number of H-pyrrole nitrogens is 1. The first-order valence-electron chi connectivity index (χ1n) is 5.15. The third kappa shape index (κ3) is 2.95. The fraction of sp³-hybridized carbons (Fsp3) is 0.0833. The summed E-state index contributed by atoms with van der Waals surface area (Å²) in [6.45, 7) is 0. The highest BCUT2D eigenvalue weighted by Crippen LogP contribution is 2.37. The van der Waals surface area contributed by atoms with Gasteiger partial charge in [-0.3, -0.25) is 4.79 Å². The Morgan fingerprint density at radius 2 is 1.65 bits per heavy atom. The van der Waals surface area contributed by atoms with E-state index in [1.807, 2.05) is 0 Å². The maximum absolute atomic E-state index is 12.7. The van der Waals surface area contributed by atoms with Crippen LogP contribution in [0.15, 0.2) is 29.1 Å². The van der Waals surface area contributed by atoms with E-state index in [2.05, 4.69) is 4.98 Å². The van der Waals surface area contributed by atoms with Crippen molar-refractivity contribution in [2.45, 2.75) is 6.18 Å². The number of aromatic nitrogens is 1. The summed E-state index contributed by atoms with van der Waals surface area (Å²) < 4.78 is 38.0. The Hall–Kier alpha value is -1.17. The molecule has 8 heteroatoms. The van der Waals surface area contributed by atoms with E-state index in [4.69, 9.17) is 34.8 Å². The first-order chi connectivity index (χ1) is 9.20. The van der Waals surface area contributed by atoms with Crippen LogP contribution in [0.4, 0.5) is 13.2 Å². The molecule has 2 aromatic rings. The highest BCUT2D eigenvalue weighted by atomic mass is 35.5. The van der Waals surface area contributed by atoms with Gasteiger partial charge in [0.25, 0.3) is 0 Å². The van der Waals surface area contributed by atoms with Crippen LogP contribution in [0, 0.1) is 0 Å². The third-order valence-corrected chi connectivity index (χ3v) is 3.77. The number of halogens is 6. The van der Waals surface area contributed by atoms with E-state index in [1.165, 1.54) is 12.1 Å². The van der Waals surface area contributed by atoms with Crippen molar-refractivity contribution in [2.75, 3.05) is 0 Å². The van der Waals surface area contributed by atoms with Gasteiger partial charge in [-0.15, -0.1) is 0 Å². The molecule has 106 valence electrons. The molecule has 2 rings (SSSR count). The summed E-state index contributed by atoms with van der Waals surface area (Å²) in [5, 5.41) is 0.132. The Bertz CT molecular complexity index is 725. The number of benzene rings is 1. The summed E-state index contributed by atoms with van der Waals surface area (Å²) in [5.41, 5.74) is -1.90. The van der Waals surface area contributed by atoms with Crippen LogP contribution < -0.4 is 5.43 Å². The zero-order chi connectivity index (χ0) is 15.1. The number of pyridine rings is 1. The minimum Gasteiger partial charge on any atom is -0.351 e. The van der Waals surface area contributed by atoms with Gasteiger partial charge < -0.3 is 4.98 Å². The molecule has 0 unspecified atom stereocenters. The fourth-order valence-electron chi connectivity index (χ4n) is 1.58. The lowest BCUT2D eigenvalue weighted by atomic mass is 10.1. The van der Waals surface area contributed by atoms with Crippen LogP contribution in [-0.2, 0) is 6.18 Å². The molecular formula is C12H5Cl3F3NO. The van der Waals surface area contributed by atoms with Crippen molar-refractivity contribution in [3.63, 3.8) is 0 Å². The lowest BCUT2D eigenvalue weighted by Gasteiger charge is -2.11. The third-order valence-electron chi connectivity index (χ3n) is 2.47. The molecule has 0 spiro atoms. The van der Waals surface area contributed by atoms with Crippen molar-refractivity contribution in [3.05, 3.63) is 55.3 Å². The number of hydrogen-bond acceptors (Lipinski definition) is 1. The SMILES string of the molecule is O=c1cc(-c2ccc(Cl)c(Cl)c2Cl)[nH]c(C(F)(F)F)c1. The Labute approximate surface area is 126 Å². The molecular weight excluding hydrogens is 337 g/mol. The van der Waals surface area contributed by atoms with Gasteiger partial charge in [-0.2, -0.15) is 13.2 Å². The predicted molar refractivity (Wildman–Crippen MR) is 72.5 cm³/mol. The maximum Gasteiger partial charge on any atom is 0.431 e. The van der Waals surface area contributed by atoms with Crippen molar-refractivity contribution < 1.29 is 13.2 Å². The summed E-state index contributed by atoms with van der Waals surface area (Å²) in [5.74, 6) is 0. The summed E-state index contributed by atoms with van der Waals surface area (Å²) in [7, 11) is 0. The van der Waals surface area contributed by atoms with Crippen molar-refractivity contribution >= 4 is 34.8 Å². The molecule has 0 aliphatic carbocycles. The van der Waals surface area contributed by atoms with Gasteiger partial charge in [-0.05, 0) is 12.1 Å². The Morgan fingerprint density at radius 1 is 1.00 bits per heavy atom. The molecule has 1 aromatic carbocycles. The van der Waals surface area contributed by atoms with Crippen LogP contribution in [0.25, 0.3) is 11.3 Å². The normalized spacial score (nSPS) is 11.7. The smallest absolute Gasteiger partial charge is 0.351 e. The van der Waals surface area contributed by atoms with Crippen molar-refractivity contribution in [1.29, 1.82) is 0 Å². The Morgan fingerprint density at radius 3 is 2.25 bits per heavy atom. The van der Waals surface area contributed by atoms with Crippen LogP contribution in [0.1, 0.15) is 5.69 Å². The van der Waals surface area contributed by atoms with Crippen LogP contribution in [0.2, 0.25) is 15.1 Å². The number of alkyl halides is 3. The van der Waals surface area contributed by atoms with Gasteiger partial charge in [0.1, 0.15) is 5.69 Å². The first-order valence-corrected chi connectivity index (χ1v) is 6.29. The van der Waals surface area contributed by atoms with Crippen LogP contribution >= 0.6 is 34.8 Å². The number of rotatable bonds is 1. The van der Waals surface area contributed by atoms with Crippen molar-refractivity contribution in [2.24, 2.45) is 0 Å². The predicted octanol–water partition coefficient (Wildman–Crippen LogP) is 5.02. The van der Waals surface area contributed by atoms with E-state index in [0.717, 1.165) is 6.07 Å². The number of nitrogens with one attached hydrogen (secondary N) is 1. The first kappa shape index (κ1) is 15.2. The van der Waals surface area contributed by atoms with E-state index in [1.54, 1.807) is 0 Å². The van der Waals surface area contributed by atoms with E-state index in [9.17, 15) is 18.0 Å². The zero-order valence-electron chi connectivity index (χ0n) is 9.49. The van der Waals surface area contributed by atoms with Gasteiger partial charge in [0.2, 0.25) is 0 Å². The fourth-order valence-corrected chi connectivity index (χ4v) is 2.21. The van der Waals surface area contributed by atoms with Crippen LogP contribution in [0.3, 0.4) is 0 Å². The van der Waals surface area contributed by atoms with Crippen molar-refractivity contribution in [1.82, 2.24) is 4.98 Å². The van der Waals surface area contributed by atoms with E-state index in [0.29, 0.717) is 6.07 Å². The molecule has 2 nitrogen and oxygen atoms in total. The molecule has 20 heavy (non-hydrogen) atoms. The molecule has 0 amide bonds. The topological polar surface area (TPSA) is 32.9 Å². The molecule has 0 fully saturated rings. The quantitative estimate of drug-likeness (QED) is 0.725. The molecule has 1 aromatic heterocycles. The second-order valence-corrected chi connectivity index (χ2v) is 5.03. The van der Waals surface area contributed by atoms with Gasteiger partial charge in [-0.25, -0.2) is 0 Å². The highest BCUT2D eigenvalue weighted by Gasteiger charge is 2.32. The molecule has 1 N–H and O–H groups in total. The van der Waals surface area contributed by atoms with E-state index in [-0.39, 0.29) is 26.3 Å². The van der Waals surface area contributed by atoms with Gasteiger partial charge in [0.05, 0.1) is 20.8 Å². The number of hydrogen-bond donors (Lipinski definition) is 1. The van der Waals surface area contributed by atoms with E-state index < -0.39 is 17.3 Å². The van der Waals surface area contributed by atoms with Crippen LogP contribution in [-0.4, -0.2) is 4.98 Å². The summed E-state index contributed by atoms with van der Waals surface area (Å²) in [6.07, 6.45) is -4.67. The van der Waals surface area contributed by atoms with E-state index >= 15 is 0 Å². The average molecular weight is 343 g/mol. The van der Waals surface area contributed by atoms with Crippen molar-refractivity contribution in [3.8, 4) is 11.3 Å². The summed E-state index contributed by atoms with van der Waals surface area (Å²) in [4.78, 5) is 13.5. The molecule has 1 heterocycles. The largest absolute Gasteiger partial charge is 0.431 e. The minimum absolute atomic E-state index is 0.00379. The van der Waals surface area contributed by atoms with Gasteiger partial charge in [-0.1, -0.05) is 34.8 Å². The van der Waals surface area contributed by atoms with Crippen LogP contribution in [0.5, 0.6) is 0 Å². The van der Waals surface area contributed by atoms with Gasteiger partial charge in [0.15, 0.2) is 5.43 Å². The van der Waals surface area contributed by atoms with Gasteiger partial charge >= 0.3 is 6.18 Å². The zero-order valence-corrected chi connectivity index (χ0v) is 11.8. The number of aromatic amines is 1. The van der Waals surface area contributed by atoms with Gasteiger partial charge in [0, 0.05) is 17.7 Å². The molecule has 0 atom stereocenters. The standard InChI is InChI=1S/C12H5Cl3F3NO/c13-7-2-1-6(10(14)11(7)15)8-3-5(20)4-9(19-8)12(16,17)18/h1-4H,(H,19,20). The second kappa shape index (κ2) is 5.31. The molecule has 0 radical (unpaired) electrons. The lowest BCUT2D eigenvalue weighted by Crippen LogP contribution is -2.13. The summed E-state index contributed by atoms with van der Waals surface area (Å²) >= 11 is 17.5. The Balaban J connectivity index is 2.68. The molecule has 0 saturated carbocycles. The lowest BCUT2D eigenvalue weighted by molar-refractivity contribution is -0.141. The molecule has 0 bridgehead atoms.